The first kappa shape index (κ1) is 17.4. The highest BCUT2D eigenvalue weighted by Gasteiger charge is 2.20. The molecule has 0 bridgehead atoms. The lowest BCUT2D eigenvalue weighted by atomic mass is 10.1. The van der Waals surface area contributed by atoms with Crippen LogP contribution in [0.1, 0.15) is 42.8 Å². The normalized spacial score (nSPS) is 15.0. The first-order valence-corrected chi connectivity index (χ1v) is 10.5. The van der Waals surface area contributed by atoms with Crippen molar-refractivity contribution in [2.75, 3.05) is 0 Å². The number of rotatable bonds is 5. The van der Waals surface area contributed by atoms with Gasteiger partial charge >= 0.3 is 5.97 Å². The second kappa shape index (κ2) is 7.32. The van der Waals surface area contributed by atoms with Gasteiger partial charge in [-0.05, 0) is 37.8 Å². The molecule has 1 fully saturated rings. The van der Waals surface area contributed by atoms with E-state index in [0.717, 1.165) is 23.3 Å². The summed E-state index contributed by atoms with van der Waals surface area (Å²) >= 11 is 3.10. The van der Waals surface area contributed by atoms with Gasteiger partial charge in [0.15, 0.2) is 0 Å². The van der Waals surface area contributed by atoms with Crippen molar-refractivity contribution in [3.63, 3.8) is 0 Å². The molecule has 0 saturated heterocycles. The maximum absolute atomic E-state index is 12.6. The summed E-state index contributed by atoms with van der Waals surface area (Å²) < 4.78 is 5.32. The van der Waals surface area contributed by atoms with Crippen LogP contribution in [0.25, 0.3) is 20.7 Å². The largest absolute Gasteiger partial charge is 0.458 e. The van der Waals surface area contributed by atoms with E-state index >= 15 is 0 Å². The molecule has 0 aliphatic heterocycles. The summed E-state index contributed by atoms with van der Waals surface area (Å²) in [6, 6.07) is 4.07. The summed E-state index contributed by atoms with van der Waals surface area (Å²) in [5, 5.41) is 2.58. The number of aryl methyl sites for hydroxylation is 1. The van der Waals surface area contributed by atoms with Crippen LogP contribution in [0.4, 0.5) is 0 Å². The number of nitrogens with zero attached hydrogens (tertiary/aromatic N) is 1. The molecule has 1 saturated carbocycles. The Hall–Kier alpha value is -1.99. The lowest BCUT2D eigenvalue weighted by molar-refractivity contribution is -0.146. The quantitative estimate of drug-likeness (QED) is 0.646. The lowest BCUT2D eigenvalue weighted by Gasteiger charge is -2.08. The highest BCUT2D eigenvalue weighted by Crippen LogP contribution is 2.35. The molecule has 3 heterocycles. The van der Waals surface area contributed by atoms with Crippen LogP contribution in [-0.4, -0.2) is 15.9 Å². The van der Waals surface area contributed by atoms with Crippen LogP contribution >= 0.6 is 22.7 Å². The molecule has 0 amide bonds. The van der Waals surface area contributed by atoms with Crippen molar-refractivity contribution in [1.29, 1.82) is 0 Å². The monoisotopic (exact) mass is 388 g/mol. The Kier molecular flexibility index (Phi) is 4.91. The number of carbonyl (C=O) groups excluding carboxylic acids is 1. The first-order chi connectivity index (χ1) is 12.6. The van der Waals surface area contributed by atoms with E-state index in [9.17, 15) is 9.59 Å². The van der Waals surface area contributed by atoms with Gasteiger partial charge in [-0.15, -0.1) is 22.7 Å². The fraction of sp³-hybridized carbons (Fsp3) is 0.421. The van der Waals surface area contributed by atoms with Crippen molar-refractivity contribution in [1.82, 2.24) is 9.97 Å². The van der Waals surface area contributed by atoms with Gasteiger partial charge in [0.1, 0.15) is 17.3 Å². The van der Waals surface area contributed by atoms with Crippen molar-refractivity contribution < 1.29 is 9.53 Å². The van der Waals surface area contributed by atoms with Crippen LogP contribution in [-0.2, 0) is 16.1 Å². The van der Waals surface area contributed by atoms with Gasteiger partial charge in [-0.2, -0.15) is 0 Å². The lowest BCUT2D eigenvalue weighted by Crippen LogP contribution is -2.15. The number of ether oxygens (including phenoxy) is 1. The molecule has 1 N–H and O–H groups in total. The van der Waals surface area contributed by atoms with E-state index in [1.165, 1.54) is 29.1 Å². The Labute approximate surface area is 159 Å². The number of fused-ring (bicyclic) bond motifs is 1. The summed E-state index contributed by atoms with van der Waals surface area (Å²) in [6.07, 6.45) is 5.09. The van der Waals surface area contributed by atoms with Gasteiger partial charge in [-0.3, -0.25) is 9.59 Å². The Morgan fingerprint density at radius 2 is 2.15 bits per heavy atom. The standard InChI is InChI=1S/C19H20N2O3S2/c1-11-6-7-14(26-11)13-10-25-19-17(13)18(23)20-15(21-19)9-24-16(22)8-12-4-2-3-5-12/h6-7,10,12H,2-5,8-9H2,1H3,(H,20,21,23). The highest BCUT2D eigenvalue weighted by molar-refractivity contribution is 7.19. The van der Waals surface area contributed by atoms with E-state index in [4.69, 9.17) is 4.74 Å². The van der Waals surface area contributed by atoms with E-state index < -0.39 is 0 Å². The second-order valence-electron chi connectivity index (χ2n) is 6.77. The zero-order chi connectivity index (χ0) is 18.1. The van der Waals surface area contributed by atoms with Crippen LogP contribution in [0.3, 0.4) is 0 Å². The summed E-state index contributed by atoms with van der Waals surface area (Å²) in [5.74, 6) is 0.643. The molecule has 0 atom stereocenters. The Morgan fingerprint density at radius 3 is 2.88 bits per heavy atom. The van der Waals surface area contributed by atoms with Gasteiger partial charge in [0, 0.05) is 27.1 Å². The number of H-pyrrole nitrogens is 1. The summed E-state index contributed by atoms with van der Waals surface area (Å²) in [4.78, 5) is 34.7. The maximum Gasteiger partial charge on any atom is 0.306 e. The molecule has 136 valence electrons. The number of hydrogen-bond donors (Lipinski definition) is 1. The van der Waals surface area contributed by atoms with E-state index in [1.807, 2.05) is 24.4 Å². The number of thiophene rings is 2. The fourth-order valence-electron chi connectivity index (χ4n) is 3.48. The average molecular weight is 389 g/mol. The maximum atomic E-state index is 12.6. The summed E-state index contributed by atoms with van der Waals surface area (Å²) in [6.45, 7) is 2.06. The van der Waals surface area contributed by atoms with Gasteiger partial charge in [0.2, 0.25) is 0 Å². The highest BCUT2D eigenvalue weighted by atomic mass is 32.1. The van der Waals surface area contributed by atoms with E-state index in [0.29, 0.717) is 28.4 Å². The van der Waals surface area contributed by atoms with Gasteiger partial charge in [-0.1, -0.05) is 12.8 Å². The molecule has 7 heteroatoms. The van der Waals surface area contributed by atoms with Crippen LogP contribution in [0.15, 0.2) is 22.3 Å². The SMILES string of the molecule is Cc1ccc(-c2csc3nc(COC(=O)CC4CCCC4)[nH]c(=O)c23)s1. The average Bonchev–Trinajstić information content (AvgIpc) is 3.33. The van der Waals surface area contributed by atoms with Gasteiger partial charge < -0.3 is 9.72 Å². The Bertz CT molecular complexity index is 996. The van der Waals surface area contributed by atoms with Crippen LogP contribution < -0.4 is 5.56 Å². The van der Waals surface area contributed by atoms with Gasteiger partial charge in [-0.25, -0.2) is 4.98 Å². The van der Waals surface area contributed by atoms with E-state index in [-0.39, 0.29) is 18.1 Å². The number of esters is 1. The van der Waals surface area contributed by atoms with Crippen molar-refractivity contribution in [2.45, 2.75) is 45.6 Å². The first-order valence-electron chi connectivity index (χ1n) is 8.83. The van der Waals surface area contributed by atoms with E-state index in [2.05, 4.69) is 9.97 Å². The predicted molar refractivity (Wildman–Crippen MR) is 105 cm³/mol. The van der Waals surface area contributed by atoms with Crippen LogP contribution in [0, 0.1) is 12.8 Å². The molecular weight excluding hydrogens is 368 g/mol. The minimum Gasteiger partial charge on any atom is -0.458 e. The summed E-state index contributed by atoms with van der Waals surface area (Å²) in [7, 11) is 0. The predicted octanol–water partition coefficient (Wildman–Crippen LogP) is 4.65. The Balaban J connectivity index is 1.50. The zero-order valence-corrected chi connectivity index (χ0v) is 16.2. The molecule has 1 aliphatic rings. The minimum absolute atomic E-state index is 0.0159. The molecule has 0 radical (unpaired) electrons. The number of aromatic amines is 1. The van der Waals surface area contributed by atoms with Crippen molar-refractivity contribution in [2.24, 2.45) is 5.92 Å². The number of aromatic nitrogens is 2. The molecule has 5 nitrogen and oxygen atoms in total. The second-order valence-corrected chi connectivity index (χ2v) is 8.91. The van der Waals surface area contributed by atoms with Crippen LogP contribution in [0.5, 0.6) is 0 Å². The zero-order valence-electron chi connectivity index (χ0n) is 14.5. The Morgan fingerprint density at radius 1 is 1.35 bits per heavy atom. The topological polar surface area (TPSA) is 72.0 Å². The number of carbonyl (C=O) groups is 1. The minimum atomic E-state index is -0.208. The number of nitrogens with one attached hydrogen (secondary N) is 1. The molecule has 3 aromatic rings. The third-order valence-corrected chi connectivity index (χ3v) is 6.70. The number of hydrogen-bond acceptors (Lipinski definition) is 6. The molecule has 0 aromatic carbocycles. The summed E-state index contributed by atoms with van der Waals surface area (Å²) in [5.41, 5.74) is 0.737. The molecule has 3 aromatic heterocycles. The molecular formula is C19H20N2O3S2. The molecule has 26 heavy (non-hydrogen) atoms. The van der Waals surface area contributed by atoms with E-state index in [1.54, 1.807) is 11.3 Å². The third-order valence-electron chi connectivity index (χ3n) is 4.80. The molecule has 1 aliphatic carbocycles. The van der Waals surface area contributed by atoms with Crippen molar-refractivity contribution >= 4 is 38.9 Å². The van der Waals surface area contributed by atoms with Gasteiger partial charge in [0.05, 0.1) is 5.39 Å². The third kappa shape index (κ3) is 3.59. The molecule has 4 rings (SSSR count). The van der Waals surface area contributed by atoms with Gasteiger partial charge in [0.25, 0.3) is 5.56 Å². The molecule has 0 spiro atoms. The smallest absolute Gasteiger partial charge is 0.306 e. The fourth-order valence-corrected chi connectivity index (χ4v) is 5.40. The van der Waals surface area contributed by atoms with Crippen molar-refractivity contribution in [3.05, 3.63) is 38.6 Å². The van der Waals surface area contributed by atoms with Crippen molar-refractivity contribution in [3.8, 4) is 10.4 Å². The van der Waals surface area contributed by atoms with Crippen LogP contribution in [0.2, 0.25) is 0 Å². The molecule has 0 unspecified atom stereocenters.